The van der Waals surface area contributed by atoms with Gasteiger partial charge in [0, 0.05) is 23.5 Å². The standard InChI is InChI=1S/C13H14ClN3O2.C2H6/c14-7-13(18)17(5-1-4-15)11-2-3-12-10(6-11)8-19-9-16-12;1-2/h2-3,6,16H,1,5,7-9H2;1-2H3. The molecule has 5 nitrogen and oxygen atoms in total. The number of carbonyl (C=O) groups excluding carboxylic acids is 1. The summed E-state index contributed by atoms with van der Waals surface area (Å²) in [6.45, 7) is 5.34. The molecule has 0 radical (unpaired) electrons. The Balaban J connectivity index is 0.00000106. The van der Waals surface area contributed by atoms with Gasteiger partial charge in [0.25, 0.3) is 0 Å². The van der Waals surface area contributed by atoms with Crippen LogP contribution >= 0.6 is 11.6 Å². The molecular weight excluding hydrogens is 290 g/mol. The predicted octanol–water partition coefficient (Wildman–Crippen LogP) is 3.10. The van der Waals surface area contributed by atoms with E-state index in [4.69, 9.17) is 21.6 Å². The molecule has 1 aliphatic heterocycles. The molecule has 1 N–H and O–H groups in total. The Labute approximate surface area is 130 Å². The van der Waals surface area contributed by atoms with Gasteiger partial charge in [0.05, 0.1) is 19.1 Å². The molecule has 0 spiro atoms. The van der Waals surface area contributed by atoms with Gasteiger partial charge in [-0.25, -0.2) is 0 Å². The van der Waals surface area contributed by atoms with Crippen LogP contribution in [0.5, 0.6) is 0 Å². The van der Waals surface area contributed by atoms with Gasteiger partial charge in [-0.15, -0.1) is 11.6 Å². The van der Waals surface area contributed by atoms with Crippen molar-refractivity contribution in [2.24, 2.45) is 0 Å². The summed E-state index contributed by atoms with van der Waals surface area (Å²) in [5.41, 5.74) is 2.74. The first-order valence-electron chi connectivity index (χ1n) is 6.94. The molecular formula is C15H20ClN3O2. The quantitative estimate of drug-likeness (QED) is 0.868. The number of alkyl halides is 1. The van der Waals surface area contributed by atoms with Crippen molar-refractivity contribution in [2.75, 3.05) is 29.4 Å². The Kier molecular flexibility index (Phi) is 7.59. The summed E-state index contributed by atoms with van der Waals surface area (Å²) in [7, 11) is 0. The van der Waals surface area contributed by atoms with Gasteiger partial charge in [-0.2, -0.15) is 5.26 Å². The lowest BCUT2D eigenvalue weighted by atomic mass is 10.1. The van der Waals surface area contributed by atoms with Crippen LogP contribution in [0.4, 0.5) is 11.4 Å². The number of nitrogens with one attached hydrogen (secondary N) is 1. The first-order chi connectivity index (χ1) is 10.3. The third kappa shape index (κ3) is 4.62. The fourth-order valence-electron chi connectivity index (χ4n) is 1.96. The van der Waals surface area contributed by atoms with Crippen LogP contribution in [-0.4, -0.2) is 25.1 Å². The van der Waals surface area contributed by atoms with E-state index in [0.29, 0.717) is 19.9 Å². The average molecular weight is 310 g/mol. The number of hydrogen-bond acceptors (Lipinski definition) is 4. The van der Waals surface area contributed by atoms with Crippen molar-refractivity contribution >= 4 is 28.9 Å². The lowest BCUT2D eigenvalue weighted by Crippen LogP contribution is -2.33. The zero-order valence-corrected chi connectivity index (χ0v) is 13.1. The summed E-state index contributed by atoms with van der Waals surface area (Å²) in [5.74, 6) is -0.307. The van der Waals surface area contributed by atoms with Crippen LogP contribution in [-0.2, 0) is 16.1 Å². The molecule has 0 aliphatic carbocycles. The second-order valence-electron chi connectivity index (χ2n) is 4.10. The SMILES string of the molecule is CC.N#CCCN(C(=O)CCl)c1ccc2c(c1)COCN2. The minimum atomic E-state index is -0.207. The van der Waals surface area contributed by atoms with Crippen molar-refractivity contribution in [3.63, 3.8) is 0 Å². The highest BCUT2D eigenvalue weighted by molar-refractivity contribution is 6.29. The lowest BCUT2D eigenvalue weighted by molar-refractivity contribution is -0.116. The van der Waals surface area contributed by atoms with Crippen LogP contribution < -0.4 is 10.2 Å². The molecule has 1 heterocycles. The fraction of sp³-hybridized carbons (Fsp3) is 0.467. The maximum atomic E-state index is 11.8. The van der Waals surface area contributed by atoms with Gasteiger partial charge in [0.2, 0.25) is 5.91 Å². The van der Waals surface area contributed by atoms with Gasteiger partial charge in [0.1, 0.15) is 12.6 Å². The van der Waals surface area contributed by atoms with E-state index in [-0.39, 0.29) is 18.2 Å². The number of ether oxygens (including phenoxy) is 1. The predicted molar refractivity (Wildman–Crippen MR) is 84.4 cm³/mol. The number of amides is 1. The van der Waals surface area contributed by atoms with Crippen molar-refractivity contribution in [3.8, 4) is 6.07 Å². The van der Waals surface area contributed by atoms with E-state index in [1.807, 2.05) is 38.1 Å². The fourth-order valence-corrected chi connectivity index (χ4v) is 2.11. The summed E-state index contributed by atoms with van der Waals surface area (Å²) in [6, 6.07) is 7.68. The molecule has 1 aliphatic rings. The Bertz CT molecular complexity index is 514. The zero-order chi connectivity index (χ0) is 15.7. The number of benzene rings is 1. The monoisotopic (exact) mass is 309 g/mol. The highest BCUT2D eigenvalue weighted by Gasteiger charge is 2.17. The third-order valence-corrected chi connectivity index (χ3v) is 3.11. The average Bonchev–Trinajstić information content (AvgIpc) is 2.56. The van der Waals surface area contributed by atoms with Crippen LogP contribution in [0, 0.1) is 11.3 Å². The largest absolute Gasteiger partial charge is 0.362 e. The molecule has 1 aromatic rings. The van der Waals surface area contributed by atoms with Crippen molar-refractivity contribution in [3.05, 3.63) is 23.8 Å². The van der Waals surface area contributed by atoms with E-state index in [2.05, 4.69) is 5.32 Å². The van der Waals surface area contributed by atoms with E-state index in [0.717, 1.165) is 16.9 Å². The highest BCUT2D eigenvalue weighted by Crippen LogP contribution is 2.26. The number of carbonyl (C=O) groups is 1. The molecule has 0 aromatic heterocycles. The number of rotatable bonds is 4. The van der Waals surface area contributed by atoms with Crippen LogP contribution in [0.3, 0.4) is 0 Å². The molecule has 1 aromatic carbocycles. The number of nitriles is 1. The number of fused-ring (bicyclic) bond motifs is 1. The summed E-state index contributed by atoms with van der Waals surface area (Å²) >= 11 is 5.61. The Morgan fingerprint density at radius 1 is 1.52 bits per heavy atom. The molecule has 0 bridgehead atoms. The molecule has 1 amide bonds. The Morgan fingerprint density at radius 2 is 2.29 bits per heavy atom. The minimum Gasteiger partial charge on any atom is -0.362 e. The van der Waals surface area contributed by atoms with Gasteiger partial charge in [-0.1, -0.05) is 13.8 Å². The molecule has 0 fully saturated rings. The van der Waals surface area contributed by atoms with Crippen LogP contribution in [0.2, 0.25) is 0 Å². The first-order valence-corrected chi connectivity index (χ1v) is 7.47. The van der Waals surface area contributed by atoms with Gasteiger partial charge >= 0.3 is 0 Å². The van der Waals surface area contributed by atoms with Gasteiger partial charge < -0.3 is 15.0 Å². The van der Waals surface area contributed by atoms with Crippen LogP contribution in [0.25, 0.3) is 0 Å². The Morgan fingerprint density at radius 3 is 2.95 bits per heavy atom. The van der Waals surface area contributed by atoms with Crippen molar-refractivity contribution in [2.45, 2.75) is 26.9 Å². The highest BCUT2D eigenvalue weighted by atomic mass is 35.5. The summed E-state index contributed by atoms with van der Waals surface area (Å²) in [5, 5.41) is 11.8. The molecule has 0 saturated carbocycles. The number of anilines is 2. The van der Waals surface area contributed by atoms with Crippen LogP contribution in [0.1, 0.15) is 25.8 Å². The zero-order valence-electron chi connectivity index (χ0n) is 12.4. The lowest BCUT2D eigenvalue weighted by Gasteiger charge is -2.24. The molecule has 0 saturated heterocycles. The second-order valence-corrected chi connectivity index (χ2v) is 4.37. The summed E-state index contributed by atoms with van der Waals surface area (Å²) in [4.78, 5) is 13.4. The third-order valence-electron chi connectivity index (χ3n) is 2.89. The molecule has 0 unspecified atom stereocenters. The van der Waals surface area contributed by atoms with Gasteiger partial charge in [-0.05, 0) is 18.2 Å². The normalized spacial score (nSPS) is 12.1. The van der Waals surface area contributed by atoms with E-state index < -0.39 is 0 Å². The topological polar surface area (TPSA) is 65.4 Å². The molecule has 2 rings (SSSR count). The number of halogens is 1. The van der Waals surface area contributed by atoms with E-state index >= 15 is 0 Å². The number of nitrogens with zero attached hydrogens (tertiary/aromatic N) is 2. The molecule has 21 heavy (non-hydrogen) atoms. The number of hydrogen-bond donors (Lipinski definition) is 1. The van der Waals surface area contributed by atoms with E-state index in [1.165, 1.54) is 4.90 Å². The van der Waals surface area contributed by atoms with Crippen molar-refractivity contribution in [1.82, 2.24) is 0 Å². The summed E-state index contributed by atoms with van der Waals surface area (Å²) < 4.78 is 5.31. The van der Waals surface area contributed by atoms with Gasteiger partial charge in [0.15, 0.2) is 0 Å². The first kappa shape index (κ1) is 17.3. The van der Waals surface area contributed by atoms with Crippen molar-refractivity contribution < 1.29 is 9.53 Å². The van der Waals surface area contributed by atoms with E-state index in [1.54, 1.807) is 0 Å². The summed E-state index contributed by atoms with van der Waals surface area (Å²) in [6.07, 6.45) is 0.272. The van der Waals surface area contributed by atoms with Crippen molar-refractivity contribution in [1.29, 1.82) is 5.26 Å². The van der Waals surface area contributed by atoms with E-state index in [9.17, 15) is 4.79 Å². The maximum Gasteiger partial charge on any atom is 0.241 e. The molecule has 0 atom stereocenters. The minimum absolute atomic E-state index is 0.0999. The second kappa shape index (κ2) is 9.22. The smallest absolute Gasteiger partial charge is 0.241 e. The van der Waals surface area contributed by atoms with Crippen LogP contribution in [0.15, 0.2) is 18.2 Å². The Hall–Kier alpha value is -1.77. The van der Waals surface area contributed by atoms with Gasteiger partial charge in [-0.3, -0.25) is 4.79 Å². The molecule has 114 valence electrons. The molecule has 6 heteroatoms. The maximum absolute atomic E-state index is 11.8.